The van der Waals surface area contributed by atoms with Crippen molar-refractivity contribution in [3.05, 3.63) is 0 Å². The summed E-state index contributed by atoms with van der Waals surface area (Å²) in [6, 6.07) is -0.158. The van der Waals surface area contributed by atoms with E-state index in [-0.39, 0.29) is 23.7 Å². The van der Waals surface area contributed by atoms with Crippen LogP contribution in [0.1, 0.15) is 40.5 Å². The van der Waals surface area contributed by atoms with E-state index in [2.05, 4.69) is 5.32 Å². The molecule has 0 atom stereocenters. The molecule has 110 valence electrons. The molecule has 0 spiro atoms. The second-order valence-corrected chi connectivity index (χ2v) is 6.21. The molecule has 0 radical (unpaired) electrons. The summed E-state index contributed by atoms with van der Waals surface area (Å²) in [5.41, 5.74) is -0.750. The van der Waals surface area contributed by atoms with Crippen LogP contribution in [0.3, 0.4) is 0 Å². The number of hydrogen-bond acceptors (Lipinski definition) is 3. The molecule has 0 aromatic carbocycles. The molecule has 6 nitrogen and oxygen atoms in total. The lowest BCUT2D eigenvalue weighted by Gasteiger charge is -2.47. The van der Waals surface area contributed by atoms with E-state index in [9.17, 15) is 9.59 Å². The lowest BCUT2D eigenvalue weighted by atomic mass is 9.99. The van der Waals surface area contributed by atoms with Crippen LogP contribution in [0.5, 0.6) is 0 Å². The summed E-state index contributed by atoms with van der Waals surface area (Å²) in [5, 5.41) is 11.3. The molecule has 0 aromatic heterocycles. The van der Waals surface area contributed by atoms with E-state index in [0.717, 1.165) is 0 Å². The van der Waals surface area contributed by atoms with Crippen molar-refractivity contribution in [3.8, 4) is 0 Å². The van der Waals surface area contributed by atoms with Gasteiger partial charge in [0.25, 0.3) is 0 Å². The average Bonchev–Trinajstić information content (AvgIpc) is 2.19. The number of hydrogen-bond donors (Lipinski definition) is 2. The van der Waals surface area contributed by atoms with Crippen LogP contribution in [0.4, 0.5) is 4.79 Å². The Balaban J connectivity index is 2.45. The summed E-state index contributed by atoms with van der Waals surface area (Å²) >= 11 is 0. The maximum Gasteiger partial charge on any atom is 0.317 e. The normalized spacial score (nSPS) is 20.9. The number of aliphatic carboxylic acids is 1. The van der Waals surface area contributed by atoms with E-state index in [1.807, 2.05) is 27.7 Å². The van der Waals surface area contributed by atoms with Crippen LogP contribution < -0.4 is 5.32 Å². The van der Waals surface area contributed by atoms with Crippen LogP contribution in [-0.2, 0) is 9.53 Å². The molecule has 6 heteroatoms. The molecule has 1 heterocycles. The number of amides is 2. The van der Waals surface area contributed by atoms with Crippen molar-refractivity contribution in [1.29, 1.82) is 0 Å². The molecule has 1 rings (SSSR count). The molecule has 0 bridgehead atoms. The number of urea groups is 1. The van der Waals surface area contributed by atoms with Crippen LogP contribution in [0.2, 0.25) is 0 Å². The van der Waals surface area contributed by atoms with Crippen molar-refractivity contribution < 1.29 is 19.4 Å². The fourth-order valence-corrected chi connectivity index (χ4v) is 2.48. The third-order valence-electron chi connectivity index (χ3n) is 2.83. The quantitative estimate of drug-likeness (QED) is 0.759. The highest BCUT2D eigenvalue weighted by molar-refractivity contribution is 5.74. The predicted molar refractivity (Wildman–Crippen MR) is 71.1 cm³/mol. The molecule has 1 aliphatic rings. The minimum atomic E-state index is -0.845. The number of carboxylic acid groups (broad SMARTS) is 1. The van der Waals surface area contributed by atoms with Crippen LogP contribution in [0.15, 0.2) is 0 Å². The van der Waals surface area contributed by atoms with Gasteiger partial charge in [-0.1, -0.05) is 0 Å². The number of nitrogens with one attached hydrogen (secondary N) is 1. The maximum atomic E-state index is 12.0. The van der Waals surface area contributed by atoms with Gasteiger partial charge in [-0.2, -0.15) is 0 Å². The minimum absolute atomic E-state index is 0.0698. The van der Waals surface area contributed by atoms with Gasteiger partial charge in [0, 0.05) is 13.0 Å². The van der Waals surface area contributed by atoms with E-state index in [4.69, 9.17) is 9.84 Å². The first kappa shape index (κ1) is 15.8. The fourth-order valence-electron chi connectivity index (χ4n) is 2.48. The van der Waals surface area contributed by atoms with Crippen molar-refractivity contribution >= 4 is 12.0 Å². The largest absolute Gasteiger partial charge is 0.481 e. The van der Waals surface area contributed by atoms with Crippen molar-refractivity contribution in [2.75, 3.05) is 19.6 Å². The van der Waals surface area contributed by atoms with Gasteiger partial charge in [-0.05, 0) is 34.1 Å². The Kier molecular flexibility index (Phi) is 4.79. The molecule has 1 aliphatic heterocycles. The molecule has 1 saturated heterocycles. The Morgan fingerprint density at radius 3 is 2.21 bits per heavy atom. The number of carbonyl (C=O) groups excluding carboxylic acids is 1. The lowest BCUT2D eigenvalue weighted by molar-refractivity contribution is -0.170. The lowest BCUT2D eigenvalue weighted by Crippen LogP contribution is -2.60. The Bertz CT molecular complexity index is 337. The smallest absolute Gasteiger partial charge is 0.317 e. The highest BCUT2D eigenvalue weighted by Crippen LogP contribution is 2.27. The Labute approximate surface area is 114 Å². The van der Waals surface area contributed by atoms with Gasteiger partial charge in [-0.3, -0.25) is 4.79 Å². The fraction of sp³-hybridized carbons (Fsp3) is 0.846. The summed E-state index contributed by atoms with van der Waals surface area (Å²) in [5.74, 6) is -0.845. The van der Waals surface area contributed by atoms with Gasteiger partial charge in [0.15, 0.2) is 0 Å². The van der Waals surface area contributed by atoms with E-state index >= 15 is 0 Å². The molecular weight excluding hydrogens is 248 g/mol. The number of morpholine rings is 1. The first-order valence-corrected chi connectivity index (χ1v) is 6.56. The van der Waals surface area contributed by atoms with Crippen molar-refractivity contribution in [2.24, 2.45) is 0 Å². The molecule has 2 amide bonds. The number of nitrogens with zero attached hydrogens (tertiary/aromatic N) is 1. The van der Waals surface area contributed by atoms with E-state index < -0.39 is 5.97 Å². The van der Waals surface area contributed by atoms with Gasteiger partial charge >= 0.3 is 12.0 Å². The summed E-state index contributed by atoms with van der Waals surface area (Å²) in [6.07, 6.45) is 0.512. The second-order valence-electron chi connectivity index (χ2n) is 6.21. The van der Waals surface area contributed by atoms with Gasteiger partial charge in [0.2, 0.25) is 0 Å². The zero-order chi connectivity index (χ0) is 14.7. The van der Waals surface area contributed by atoms with Crippen LogP contribution >= 0.6 is 0 Å². The first-order valence-electron chi connectivity index (χ1n) is 6.56. The Morgan fingerprint density at radius 2 is 1.74 bits per heavy atom. The van der Waals surface area contributed by atoms with Gasteiger partial charge in [0.1, 0.15) is 0 Å². The molecule has 0 aliphatic carbocycles. The number of ether oxygens (including phenoxy) is 1. The first-order chi connectivity index (χ1) is 8.61. The van der Waals surface area contributed by atoms with E-state index in [1.165, 1.54) is 0 Å². The van der Waals surface area contributed by atoms with Crippen LogP contribution in [0.25, 0.3) is 0 Å². The summed E-state index contributed by atoms with van der Waals surface area (Å²) in [7, 11) is 0. The summed E-state index contributed by atoms with van der Waals surface area (Å²) in [4.78, 5) is 24.1. The van der Waals surface area contributed by atoms with Crippen LogP contribution in [-0.4, -0.2) is 52.8 Å². The van der Waals surface area contributed by atoms with Gasteiger partial charge < -0.3 is 20.1 Å². The Hall–Kier alpha value is -1.30. The molecular formula is C13H24N2O4. The molecule has 0 saturated carbocycles. The molecule has 1 fully saturated rings. The third-order valence-corrected chi connectivity index (χ3v) is 2.83. The van der Waals surface area contributed by atoms with Gasteiger partial charge in [-0.25, -0.2) is 4.79 Å². The molecule has 2 N–H and O–H groups in total. The molecule has 0 aromatic rings. The molecule has 0 unspecified atom stereocenters. The SMILES string of the molecule is CC1(C)CN(C(=O)NCCCC(=O)O)CC(C)(C)O1. The highest BCUT2D eigenvalue weighted by atomic mass is 16.5. The van der Waals surface area contributed by atoms with Crippen molar-refractivity contribution in [3.63, 3.8) is 0 Å². The Morgan fingerprint density at radius 1 is 1.21 bits per heavy atom. The van der Waals surface area contributed by atoms with Crippen molar-refractivity contribution in [1.82, 2.24) is 10.2 Å². The average molecular weight is 272 g/mol. The molecule has 19 heavy (non-hydrogen) atoms. The topological polar surface area (TPSA) is 78.9 Å². The third kappa shape index (κ3) is 5.46. The van der Waals surface area contributed by atoms with E-state index in [1.54, 1.807) is 4.90 Å². The second kappa shape index (κ2) is 5.77. The van der Waals surface area contributed by atoms with E-state index in [0.29, 0.717) is 26.1 Å². The minimum Gasteiger partial charge on any atom is -0.481 e. The van der Waals surface area contributed by atoms with Crippen LogP contribution in [0, 0.1) is 0 Å². The van der Waals surface area contributed by atoms with Gasteiger partial charge in [0.05, 0.1) is 24.3 Å². The maximum absolute atomic E-state index is 12.0. The zero-order valence-electron chi connectivity index (χ0n) is 12.2. The standard InChI is InChI=1S/C13H24N2O4/c1-12(2)8-15(9-13(3,4)19-12)11(18)14-7-5-6-10(16)17/h5-9H2,1-4H3,(H,14,18)(H,16,17). The predicted octanol–water partition coefficient (Wildman–Crippen LogP) is 1.45. The number of rotatable bonds is 4. The monoisotopic (exact) mass is 272 g/mol. The number of carbonyl (C=O) groups is 2. The van der Waals surface area contributed by atoms with Crippen molar-refractivity contribution in [2.45, 2.75) is 51.7 Å². The zero-order valence-corrected chi connectivity index (χ0v) is 12.2. The highest BCUT2D eigenvalue weighted by Gasteiger charge is 2.39. The number of carboxylic acids is 1. The summed E-state index contributed by atoms with van der Waals surface area (Å²) < 4.78 is 5.90. The van der Waals surface area contributed by atoms with Gasteiger partial charge in [-0.15, -0.1) is 0 Å². The summed E-state index contributed by atoms with van der Waals surface area (Å²) in [6.45, 7) is 9.26.